The maximum absolute atomic E-state index is 12.8. The molecule has 6 nitrogen and oxygen atoms in total. The van der Waals surface area contributed by atoms with Gasteiger partial charge in [-0.3, -0.25) is 14.4 Å². The number of rotatable bonds is 50. The van der Waals surface area contributed by atoms with Crippen molar-refractivity contribution >= 4 is 17.9 Å². The highest BCUT2D eigenvalue weighted by Gasteiger charge is 2.19. The van der Waals surface area contributed by atoms with Gasteiger partial charge in [0.05, 0.1) is 0 Å². The molecule has 0 aromatic carbocycles. The first-order chi connectivity index (χ1) is 31.5. The molecular weight excluding hydrogens is 793 g/mol. The van der Waals surface area contributed by atoms with E-state index in [4.69, 9.17) is 14.2 Å². The number of carbonyl (C=O) groups is 3. The second kappa shape index (κ2) is 53.0. The fourth-order valence-corrected chi connectivity index (χ4v) is 7.83. The summed E-state index contributed by atoms with van der Waals surface area (Å²) < 4.78 is 16.8. The molecule has 0 aliphatic rings. The lowest BCUT2D eigenvalue weighted by Gasteiger charge is -2.18. The summed E-state index contributed by atoms with van der Waals surface area (Å²) in [6.45, 7) is 6.60. The van der Waals surface area contributed by atoms with E-state index in [-0.39, 0.29) is 31.1 Å². The van der Waals surface area contributed by atoms with Crippen LogP contribution in [0.25, 0.3) is 0 Å². The van der Waals surface area contributed by atoms with E-state index in [1.165, 1.54) is 161 Å². The van der Waals surface area contributed by atoms with Crippen LogP contribution in [0.15, 0.2) is 48.6 Å². The lowest BCUT2D eigenvalue weighted by atomic mass is 10.1. The molecule has 0 N–H and O–H groups in total. The Bertz CT molecular complexity index is 1120. The maximum Gasteiger partial charge on any atom is 0.306 e. The molecular formula is C58H104O6. The molecule has 1 unspecified atom stereocenters. The van der Waals surface area contributed by atoms with Gasteiger partial charge >= 0.3 is 17.9 Å². The molecule has 0 bridgehead atoms. The van der Waals surface area contributed by atoms with Crippen molar-refractivity contribution in [2.24, 2.45) is 0 Å². The topological polar surface area (TPSA) is 78.9 Å². The molecule has 0 aliphatic carbocycles. The molecule has 0 aromatic rings. The first kappa shape index (κ1) is 61.4. The Labute approximate surface area is 397 Å². The Morgan fingerprint density at radius 3 is 0.922 bits per heavy atom. The first-order valence-electron chi connectivity index (χ1n) is 27.7. The highest BCUT2D eigenvalue weighted by Crippen LogP contribution is 2.15. The number of hydrogen-bond donors (Lipinski definition) is 0. The summed E-state index contributed by atoms with van der Waals surface area (Å²) in [4.78, 5) is 38.1. The molecule has 0 aromatic heterocycles. The molecule has 0 spiro atoms. The fourth-order valence-electron chi connectivity index (χ4n) is 7.83. The Balaban J connectivity index is 4.40. The van der Waals surface area contributed by atoms with Crippen molar-refractivity contribution in [1.82, 2.24) is 0 Å². The van der Waals surface area contributed by atoms with Gasteiger partial charge in [0, 0.05) is 19.3 Å². The molecule has 6 heteroatoms. The zero-order valence-electron chi connectivity index (χ0n) is 42.6. The molecule has 0 amide bonds. The third-order valence-corrected chi connectivity index (χ3v) is 12.1. The Morgan fingerprint density at radius 1 is 0.312 bits per heavy atom. The van der Waals surface area contributed by atoms with Crippen molar-refractivity contribution in [3.63, 3.8) is 0 Å². The summed E-state index contributed by atoms with van der Waals surface area (Å²) in [5.41, 5.74) is 0. The number of carbonyl (C=O) groups excluding carboxylic acids is 3. The van der Waals surface area contributed by atoms with Gasteiger partial charge in [0.25, 0.3) is 0 Å². The quantitative estimate of drug-likeness (QED) is 0.0199. The van der Waals surface area contributed by atoms with Crippen molar-refractivity contribution in [3.05, 3.63) is 48.6 Å². The van der Waals surface area contributed by atoms with Crippen LogP contribution in [-0.2, 0) is 28.6 Å². The summed E-state index contributed by atoms with van der Waals surface area (Å²) in [6, 6.07) is 0. The summed E-state index contributed by atoms with van der Waals surface area (Å²) in [6.07, 6.45) is 63.8. The highest BCUT2D eigenvalue weighted by molar-refractivity contribution is 5.71. The van der Waals surface area contributed by atoms with Gasteiger partial charge in [-0.25, -0.2) is 0 Å². The van der Waals surface area contributed by atoms with Gasteiger partial charge < -0.3 is 14.2 Å². The minimum Gasteiger partial charge on any atom is -0.462 e. The van der Waals surface area contributed by atoms with E-state index in [1.54, 1.807) is 0 Å². The van der Waals surface area contributed by atoms with Crippen molar-refractivity contribution in [2.75, 3.05) is 13.2 Å². The van der Waals surface area contributed by atoms with Gasteiger partial charge in [-0.1, -0.05) is 217 Å². The average molecular weight is 897 g/mol. The Morgan fingerprint density at radius 2 is 0.562 bits per heavy atom. The Kier molecular flexibility index (Phi) is 50.8. The molecule has 64 heavy (non-hydrogen) atoms. The Hall–Kier alpha value is -2.63. The predicted molar refractivity (Wildman–Crippen MR) is 275 cm³/mol. The zero-order valence-corrected chi connectivity index (χ0v) is 42.6. The van der Waals surface area contributed by atoms with Crippen molar-refractivity contribution < 1.29 is 28.6 Å². The third kappa shape index (κ3) is 50.4. The van der Waals surface area contributed by atoms with Crippen LogP contribution < -0.4 is 0 Å². The standard InChI is InChI=1S/C58H104O6/c1-4-7-10-13-16-19-22-25-28-29-31-33-36-39-42-45-48-51-57(60)63-54-55(53-62-56(59)50-47-44-41-38-35-32-27-24-21-18-15-12-9-6-3)64-58(61)52-49-46-43-40-37-34-30-26-23-20-17-14-11-8-5-2/h17,20,23,25-26,28,32,35,55H,4-16,18-19,21-22,24,27,29-31,33-34,36-54H2,1-3H3/b20-17-,26-23-,28-25-,35-32-. The normalized spacial score (nSPS) is 12.4. The van der Waals surface area contributed by atoms with Crippen molar-refractivity contribution in [2.45, 2.75) is 290 Å². The fraction of sp³-hybridized carbons (Fsp3) is 0.810. The molecule has 372 valence electrons. The molecule has 0 radical (unpaired) electrons. The third-order valence-electron chi connectivity index (χ3n) is 12.1. The van der Waals surface area contributed by atoms with E-state index in [9.17, 15) is 14.4 Å². The van der Waals surface area contributed by atoms with Crippen LogP contribution in [0.4, 0.5) is 0 Å². The van der Waals surface area contributed by atoms with Gasteiger partial charge in [0.1, 0.15) is 13.2 Å². The zero-order chi connectivity index (χ0) is 46.5. The summed E-state index contributed by atoms with van der Waals surface area (Å²) in [7, 11) is 0. The number of allylic oxidation sites excluding steroid dienone is 8. The lowest BCUT2D eigenvalue weighted by Crippen LogP contribution is -2.30. The molecule has 0 heterocycles. The van der Waals surface area contributed by atoms with Crippen LogP contribution in [0.5, 0.6) is 0 Å². The van der Waals surface area contributed by atoms with E-state index < -0.39 is 6.10 Å². The summed E-state index contributed by atoms with van der Waals surface area (Å²) in [5, 5.41) is 0. The summed E-state index contributed by atoms with van der Waals surface area (Å²) in [5.74, 6) is -0.906. The highest BCUT2D eigenvalue weighted by atomic mass is 16.6. The molecule has 0 saturated carbocycles. The summed E-state index contributed by atoms with van der Waals surface area (Å²) >= 11 is 0. The van der Waals surface area contributed by atoms with Gasteiger partial charge in [0.15, 0.2) is 6.10 Å². The van der Waals surface area contributed by atoms with Crippen molar-refractivity contribution in [1.29, 1.82) is 0 Å². The van der Waals surface area contributed by atoms with Crippen molar-refractivity contribution in [3.8, 4) is 0 Å². The van der Waals surface area contributed by atoms with E-state index in [2.05, 4.69) is 69.4 Å². The smallest absolute Gasteiger partial charge is 0.306 e. The monoisotopic (exact) mass is 897 g/mol. The average Bonchev–Trinajstić information content (AvgIpc) is 3.29. The number of ether oxygens (including phenoxy) is 3. The molecule has 0 aliphatic heterocycles. The van der Waals surface area contributed by atoms with Gasteiger partial charge in [-0.2, -0.15) is 0 Å². The largest absolute Gasteiger partial charge is 0.462 e. The van der Waals surface area contributed by atoms with E-state index in [1.807, 2.05) is 0 Å². The van der Waals surface area contributed by atoms with Gasteiger partial charge in [-0.15, -0.1) is 0 Å². The number of hydrogen-bond acceptors (Lipinski definition) is 6. The molecule has 1 atom stereocenters. The maximum atomic E-state index is 12.8. The van der Waals surface area contributed by atoms with E-state index in [0.717, 1.165) is 83.5 Å². The van der Waals surface area contributed by atoms with Gasteiger partial charge in [0.2, 0.25) is 0 Å². The van der Waals surface area contributed by atoms with Crippen LogP contribution in [-0.4, -0.2) is 37.2 Å². The van der Waals surface area contributed by atoms with Crippen LogP contribution >= 0.6 is 0 Å². The van der Waals surface area contributed by atoms with Crippen LogP contribution in [0.3, 0.4) is 0 Å². The number of unbranched alkanes of at least 4 members (excludes halogenated alkanes) is 32. The minimum absolute atomic E-state index is 0.0838. The molecule has 0 fully saturated rings. The predicted octanol–water partition coefficient (Wildman–Crippen LogP) is 18.3. The van der Waals surface area contributed by atoms with Crippen LogP contribution in [0.1, 0.15) is 284 Å². The van der Waals surface area contributed by atoms with E-state index >= 15 is 0 Å². The van der Waals surface area contributed by atoms with Crippen LogP contribution in [0.2, 0.25) is 0 Å². The van der Waals surface area contributed by atoms with E-state index in [0.29, 0.717) is 19.3 Å². The lowest BCUT2D eigenvalue weighted by molar-refractivity contribution is -0.167. The number of esters is 3. The van der Waals surface area contributed by atoms with Gasteiger partial charge in [-0.05, 0) is 96.3 Å². The first-order valence-corrected chi connectivity index (χ1v) is 27.7. The van der Waals surface area contributed by atoms with Crippen LogP contribution in [0, 0.1) is 0 Å². The second-order valence-corrected chi connectivity index (χ2v) is 18.5. The molecule has 0 saturated heterocycles. The SMILES string of the molecule is CCCCC/C=C\C=C/CCCCCCCCC(=O)OC(COC(=O)CCCCC/C=C\CCCCCCCCC)COC(=O)CCCCCCCCC/C=C\CCCCCCCC. The second-order valence-electron chi connectivity index (χ2n) is 18.5. The minimum atomic E-state index is -0.786. The molecule has 0 rings (SSSR count).